The van der Waals surface area contributed by atoms with E-state index in [1.807, 2.05) is 25.1 Å². The lowest BCUT2D eigenvalue weighted by Crippen LogP contribution is -2.14. The highest BCUT2D eigenvalue weighted by Gasteiger charge is 2.16. The van der Waals surface area contributed by atoms with E-state index in [4.69, 9.17) is 11.6 Å². The maximum absolute atomic E-state index is 12.4. The third-order valence-corrected chi connectivity index (χ3v) is 3.23. The second-order valence-corrected chi connectivity index (χ2v) is 4.69. The molecule has 0 saturated carbocycles. The Morgan fingerprint density at radius 2 is 2.00 bits per heavy atom. The molecule has 0 unspecified atom stereocenters. The van der Waals surface area contributed by atoms with Crippen molar-refractivity contribution in [3.8, 4) is 0 Å². The van der Waals surface area contributed by atoms with Gasteiger partial charge in [-0.25, -0.2) is 0 Å². The van der Waals surface area contributed by atoms with Gasteiger partial charge in [-0.2, -0.15) is 4.68 Å². The molecule has 0 aliphatic rings. The van der Waals surface area contributed by atoms with E-state index in [-0.39, 0.29) is 5.91 Å². The first-order valence-corrected chi connectivity index (χ1v) is 6.16. The van der Waals surface area contributed by atoms with Gasteiger partial charge in [0.2, 0.25) is 0 Å². The minimum Gasteiger partial charge on any atom is -0.267 e. The molecule has 0 spiro atoms. The number of benzene rings is 2. The van der Waals surface area contributed by atoms with Crippen LogP contribution in [0.5, 0.6) is 0 Å². The van der Waals surface area contributed by atoms with E-state index in [0.717, 1.165) is 5.56 Å². The maximum atomic E-state index is 12.4. The number of hydrogen-bond donors (Lipinski definition) is 0. The number of fused-ring (bicyclic) bond motifs is 1. The minimum atomic E-state index is -0.281. The molecule has 3 aromatic rings. The Bertz CT molecular complexity index is 779. The van der Waals surface area contributed by atoms with Crippen molar-refractivity contribution in [1.29, 1.82) is 0 Å². The van der Waals surface area contributed by atoms with Crippen LogP contribution in [-0.4, -0.2) is 20.9 Å². The fraction of sp³-hybridized carbons (Fsp3) is 0.0714. The van der Waals surface area contributed by atoms with E-state index in [1.165, 1.54) is 4.68 Å². The topological polar surface area (TPSA) is 47.8 Å². The SMILES string of the molecule is Cc1ccc2c(c1)nnn2C(=O)c1ccccc1Cl. The van der Waals surface area contributed by atoms with Crippen LogP contribution in [0, 0.1) is 6.92 Å². The first-order valence-electron chi connectivity index (χ1n) is 5.78. The molecule has 4 nitrogen and oxygen atoms in total. The zero-order chi connectivity index (χ0) is 13.4. The van der Waals surface area contributed by atoms with Gasteiger partial charge in [0.05, 0.1) is 16.1 Å². The molecule has 1 heterocycles. The lowest BCUT2D eigenvalue weighted by atomic mass is 10.2. The summed E-state index contributed by atoms with van der Waals surface area (Å²) in [5, 5.41) is 8.32. The molecule has 0 aliphatic heterocycles. The number of carbonyl (C=O) groups is 1. The monoisotopic (exact) mass is 271 g/mol. The van der Waals surface area contributed by atoms with Gasteiger partial charge in [0.15, 0.2) is 0 Å². The van der Waals surface area contributed by atoms with Crippen molar-refractivity contribution in [3.63, 3.8) is 0 Å². The predicted molar refractivity (Wildman–Crippen MR) is 73.4 cm³/mol. The van der Waals surface area contributed by atoms with Crippen LogP contribution in [0.25, 0.3) is 11.0 Å². The highest BCUT2D eigenvalue weighted by Crippen LogP contribution is 2.19. The van der Waals surface area contributed by atoms with Crippen LogP contribution in [0.1, 0.15) is 15.9 Å². The first kappa shape index (κ1) is 11.9. The highest BCUT2D eigenvalue weighted by atomic mass is 35.5. The molecule has 0 bridgehead atoms. The Kier molecular flexibility index (Phi) is 2.80. The van der Waals surface area contributed by atoms with E-state index >= 15 is 0 Å². The van der Waals surface area contributed by atoms with Gasteiger partial charge in [0, 0.05) is 0 Å². The first-order chi connectivity index (χ1) is 9.16. The van der Waals surface area contributed by atoms with Crippen molar-refractivity contribution >= 4 is 28.5 Å². The Balaban J connectivity index is 2.15. The van der Waals surface area contributed by atoms with Gasteiger partial charge in [-0.1, -0.05) is 35.0 Å². The maximum Gasteiger partial charge on any atom is 0.281 e. The normalized spacial score (nSPS) is 10.8. The average molecular weight is 272 g/mol. The zero-order valence-electron chi connectivity index (χ0n) is 10.2. The smallest absolute Gasteiger partial charge is 0.267 e. The summed E-state index contributed by atoms with van der Waals surface area (Å²) in [6, 6.07) is 12.5. The summed E-state index contributed by atoms with van der Waals surface area (Å²) in [5.41, 5.74) is 2.86. The molecule has 0 aliphatic carbocycles. The number of hydrogen-bond acceptors (Lipinski definition) is 3. The standard InChI is InChI=1S/C14H10ClN3O/c1-9-6-7-13-12(8-9)16-17-18(13)14(19)10-4-2-3-5-11(10)15/h2-8H,1H3. The quantitative estimate of drug-likeness (QED) is 0.683. The van der Waals surface area contributed by atoms with Crippen molar-refractivity contribution in [2.24, 2.45) is 0 Å². The highest BCUT2D eigenvalue weighted by molar-refractivity contribution is 6.34. The number of nitrogens with zero attached hydrogens (tertiary/aromatic N) is 3. The summed E-state index contributed by atoms with van der Waals surface area (Å²) >= 11 is 6.03. The molecule has 0 amide bonds. The van der Waals surface area contributed by atoms with Crippen molar-refractivity contribution in [3.05, 3.63) is 58.6 Å². The largest absolute Gasteiger partial charge is 0.281 e. The van der Waals surface area contributed by atoms with Crippen LogP contribution < -0.4 is 0 Å². The van der Waals surface area contributed by atoms with Gasteiger partial charge < -0.3 is 0 Å². The Hall–Kier alpha value is -2.20. The summed E-state index contributed by atoms with van der Waals surface area (Å²) in [6.07, 6.45) is 0. The molecule has 0 fully saturated rings. The van der Waals surface area contributed by atoms with Crippen molar-refractivity contribution in [2.75, 3.05) is 0 Å². The van der Waals surface area contributed by atoms with Gasteiger partial charge in [0.1, 0.15) is 5.52 Å². The summed E-state index contributed by atoms with van der Waals surface area (Å²) < 4.78 is 1.27. The Labute approximate surface area is 114 Å². The third kappa shape index (κ3) is 2.00. The average Bonchev–Trinajstić information content (AvgIpc) is 2.81. The molecule has 94 valence electrons. The van der Waals surface area contributed by atoms with E-state index < -0.39 is 0 Å². The molecular weight excluding hydrogens is 262 g/mol. The summed E-state index contributed by atoms with van der Waals surface area (Å²) in [6.45, 7) is 1.97. The van der Waals surface area contributed by atoms with Crippen molar-refractivity contribution in [2.45, 2.75) is 6.92 Å². The van der Waals surface area contributed by atoms with E-state index in [2.05, 4.69) is 10.3 Å². The predicted octanol–water partition coefficient (Wildman–Crippen LogP) is 3.08. The van der Waals surface area contributed by atoms with Crippen LogP contribution in [0.4, 0.5) is 0 Å². The molecule has 0 N–H and O–H groups in total. The van der Waals surface area contributed by atoms with Crippen LogP contribution >= 0.6 is 11.6 Å². The summed E-state index contributed by atoms with van der Waals surface area (Å²) in [7, 11) is 0. The number of halogens is 1. The van der Waals surface area contributed by atoms with Crippen LogP contribution in [-0.2, 0) is 0 Å². The number of aryl methyl sites for hydroxylation is 1. The Morgan fingerprint density at radius 3 is 2.79 bits per heavy atom. The van der Waals surface area contributed by atoms with Crippen molar-refractivity contribution in [1.82, 2.24) is 15.0 Å². The number of aromatic nitrogens is 3. The molecule has 5 heteroatoms. The zero-order valence-corrected chi connectivity index (χ0v) is 10.9. The van der Waals surface area contributed by atoms with Crippen LogP contribution in [0.2, 0.25) is 5.02 Å². The fourth-order valence-electron chi connectivity index (χ4n) is 1.93. The number of rotatable bonds is 1. The molecular formula is C14H10ClN3O. The Morgan fingerprint density at radius 1 is 1.21 bits per heavy atom. The lowest BCUT2D eigenvalue weighted by Gasteiger charge is -2.03. The minimum absolute atomic E-state index is 0.281. The molecule has 1 aromatic heterocycles. The van der Waals surface area contributed by atoms with Crippen LogP contribution in [0.15, 0.2) is 42.5 Å². The molecule has 0 radical (unpaired) electrons. The van der Waals surface area contributed by atoms with Crippen LogP contribution in [0.3, 0.4) is 0 Å². The molecule has 3 rings (SSSR count). The van der Waals surface area contributed by atoms with Gasteiger partial charge in [-0.15, -0.1) is 5.10 Å². The summed E-state index contributed by atoms with van der Waals surface area (Å²) in [4.78, 5) is 12.4. The van der Waals surface area contributed by atoms with Gasteiger partial charge in [0.25, 0.3) is 5.91 Å². The fourth-order valence-corrected chi connectivity index (χ4v) is 2.15. The van der Waals surface area contributed by atoms with E-state index in [1.54, 1.807) is 24.3 Å². The summed E-state index contributed by atoms with van der Waals surface area (Å²) in [5.74, 6) is -0.281. The van der Waals surface area contributed by atoms with Crippen molar-refractivity contribution < 1.29 is 4.79 Å². The second kappa shape index (κ2) is 4.48. The lowest BCUT2D eigenvalue weighted by molar-refractivity contribution is 0.0948. The molecule has 0 atom stereocenters. The molecule has 0 saturated heterocycles. The van der Waals surface area contributed by atoms with Gasteiger partial charge in [-0.05, 0) is 36.8 Å². The van der Waals surface area contributed by atoms with E-state index in [0.29, 0.717) is 21.6 Å². The van der Waals surface area contributed by atoms with E-state index in [9.17, 15) is 4.79 Å². The molecule has 2 aromatic carbocycles. The number of carbonyl (C=O) groups excluding carboxylic acids is 1. The molecule has 19 heavy (non-hydrogen) atoms. The second-order valence-electron chi connectivity index (χ2n) is 4.28. The van der Waals surface area contributed by atoms with Gasteiger partial charge >= 0.3 is 0 Å². The third-order valence-electron chi connectivity index (χ3n) is 2.90. The van der Waals surface area contributed by atoms with Gasteiger partial charge in [-0.3, -0.25) is 4.79 Å².